The number of halogens is 2. The number of hydrogen-bond donors (Lipinski definition) is 1. The van der Waals surface area contributed by atoms with Gasteiger partial charge in [0.15, 0.2) is 0 Å². The van der Waals surface area contributed by atoms with Gasteiger partial charge in [0.25, 0.3) is 0 Å². The van der Waals surface area contributed by atoms with Crippen molar-refractivity contribution in [2.24, 2.45) is 17.8 Å². The molecular weight excluding hydrogens is 260 g/mol. The number of alkyl halides is 2. The Morgan fingerprint density at radius 3 is 2.20 bits per heavy atom. The molecule has 1 nitrogen and oxygen atoms in total. The Labute approximate surface area is 77.4 Å². The van der Waals surface area contributed by atoms with Gasteiger partial charge in [-0.1, -0.05) is 31.9 Å². The molecular formula is C7H10Br2O. The number of aliphatic hydroxyl groups excluding tert-OH is 1. The molecule has 2 aliphatic carbocycles. The van der Waals surface area contributed by atoms with Gasteiger partial charge in [-0.3, -0.25) is 0 Å². The first-order valence-corrected chi connectivity index (χ1v) is 5.23. The van der Waals surface area contributed by atoms with Crippen molar-refractivity contribution in [1.82, 2.24) is 0 Å². The van der Waals surface area contributed by atoms with E-state index in [1.54, 1.807) is 0 Å². The summed E-state index contributed by atoms with van der Waals surface area (Å²) in [5.74, 6) is 2.15. The zero-order valence-electron chi connectivity index (χ0n) is 5.56. The molecule has 58 valence electrons. The summed E-state index contributed by atoms with van der Waals surface area (Å²) in [6.45, 7) is 0.378. The molecule has 0 bridgehead atoms. The van der Waals surface area contributed by atoms with Gasteiger partial charge in [0.1, 0.15) is 0 Å². The first-order chi connectivity index (χ1) is 4.66. The van der Waals surface area contributed by atoms with Crippen molar-refractivity contribution >= 4 is 31.9 Å². The molecule has 1 N–H and O–H groups in total. The van der Waals surface area contributed by atoms with E-state index < -0.39 is 0 Å². The fourth-order valence-electron chi connectivity index (χ4n) is 2.07. The van der Waals surface area contributed by atoms with Crippen LogP contribution in [0.1, 0.15) is 12.8 Å². The fraction of sp³-hybridized carbons (Fsp3) is 1.00. The van der Waals surface area contributed by atoms with E-state index in [2.05, 4.69) is 31.9 Å². The molecule has 2 saturated carbocycles. The van der Waals surface area contributed by atoms with Crippen LogP contribution in [0.15, 0.2) is 0 Å². The topological polar surface area (TPSA) is 20.2 Å². The van der Waals surface area contributed by atoms with E-state index in [0.29, 0.717) is 12.5 Å². The van der Waals surface area contributed by atoms with Gasteiger partial charge in [-0.25, -0.2) is 0 Å². The normalized spacial score (nSPS) is 48.9. The van der Waals surface area contributed by atoms with E-state index in [1.807, 2.05) is 0 Å². The lowest BCUT2D eigenvalue weighted by Gasteiger charge is -2.11. The van der Waals surface area contributed by atoms with Crippen molar-refractivity contribution in [2.75, 3.05) is 6.61 Å². The van der Waals surface area contributed by atoms with Crippen molar-refractivity contribution in [3.05, 3.63) is 0 Å². The Bertz CT molecular complexity index is 144. The maximum absolute atomic E-state index is 8.84. The lowest BCUT2D eigenvalue weighted by atomic mass is 10.1. The maximum Gasteiger partial charge on any atom is 0.0868 e. The van der Waals surface area contributed by atoms with Crippen molar-refractivity contribution in [2.45, 2.75) is 16.1 Å². The van der Waals surface area contributed by atoms with Crippen LogP contribution in [0.2, 0.25) is 0 Å². The van der Waals surface area contributed by atoms with Crippen LogP contribution in [0.4, 0.5) is 0 Å². The lowest BCUT2D eigenvalue weighted by Crippen LogP contribution is -2.08. The molecule has 0 amide bonds. The van der Waals surface area contributed by atoms with Crippen LogP contribution in [-0.2, 0) is 0 Å². The van der Waals surface area contributed by atoms with Crippen molar-refractivity contribution in [1.29, 1.82) is 0 Å². The zero-order chi connectivity index (χ0) is 7.35. The minimum absolute atomic E-state index is 0.256. The van der Waals surface area contributed by atoms with Gasteiger partial charge in [0.2, 0.25) is 0 Å². The van der Waals surface area contributed by atoms with Crippen molar-refractivity contribution < 1.29 is 5.11 Å². The van der Waals surface area contributed by atoms with Gasteiger partial charge < -0.3 is 5.11 Å². The van der Waals surface area contributed by atoms with Crippen LogP contribution < -0.4 is 0 Å². The van der Waals surface area contributed by atoms with Gasteiger partial charge in [0.05, 0.1) is 3.23 Å². The van der Waals surface area contributed by atoms with E-state index in [9.17, 15) is 0 Å². The van der Waals surface area contributed by atoms with E-state index >= 15 is 0 Å². The predicted molar refractivity (Wildman–Crippen MR) is 47.4 cm³/mol. The van der Waals surface area contributed by atoms with Crippen LogP contribution in [0.5, 0.6) is 0 Å². The van der Waals surface area contributed by atoms with Crippen molar-refractivity contribution in [3.63, 3.8) is 0 Å². The lowest BCUT2D eigenvalue weighted by molar-refractivity contribution is 0.220. The predicted octanol–water partition coefficient (Wildman–Crippen LogP) is 2.12. The Morgan fingerprint density at radius 1 is 1.30 bits per heavy atom. The average molecular weight is 270 g/mol. The van der Waals surface area contributed by atoms with Crippen LogP contribution in [0.3, 0.4) is 0 Å². The molecule has 0 aromatic heterocycles. The van der Waals surface area contributed by atoms with Gasteiger partial charge >= 0.3 is 0 Å². The number of aliphatic hydroxyl groups is 1. The standard InChI is InChI=1S/C7H10Br2O/c8-7(9)5-1-4(3-10)2-6(5)7/h4-6,10H,1-3H2/t4?,5-,6+. The summed E-state index contributed by atoms with van der Waals surface area (Å²) in [6, 6.07) is 0. The van der Waals surface area contributed by atoms with E-state index in [4.69, 9.17) is 5.11 Å². The highest BCUT2D eigenvalue weighted by molar-refractivity contribution is 9.25. The molecule has 1 unspecified atom stereocenters. The molecule has 2 aliphatic rings. The van der Waals surface area contributed by atoms with Crippen LogP contribution >= 0.6 is 31.9 Å². The maximum atomic E-state index is 8.84. The Hall–Kier alpha value is 0.920. The minimum Gasteiger partial charge on any atom is -0.396 e. The van der Waals surface area contributed by atoms with Gasteiger partial charge in [0, 0.05) is 6.61 Å². The molecule has 10 heavy (non-hydrogen) atoms. The number of hydrogen-bond acceptors (Lipinski definition) is 1. The summed E-state index contributed by atoms with van der Waals surface area (Å²) in [4.78, 5) is 0. The van der Waals surface area contributed by atoms with Gasteiger partial charge in [-0.2, -0.15) is 0 Å². The summed E-state index contributed by atoms with van der Waals surface area (Å²) < 4.78 is 0.256. The monoisotopic (exact) mass is 268 g/mol. The molecule has 0 saturated heterocycles. The quantitative estimate of drug-likeness (QED) is 0.723. The SMILES string of the molecule is OCC1C[C@@H]2[C@H](C1)C2(Br)Br. The average Bonchev–Trinajstić information content (AvgIpc) is 2.37. The second-order valence-electron chi connectivity index (χ2n) is 3.41. The summed E-state index contributed by atoms with van der Waals surface area (Å²) in [6.07, 6.45) is 2.38. The highest BCUT2D eigenvalue weighted by Crippen LogP contribution is 2.70. The molecule has 2 fully saturated rings. The van der Waals surface area contributed by atoms with E-state index in [-0.39, 0.29) is 3.23 Å². The first-order valence-electron chi connectivity index (χ1n) is 3.65. The third-order valence-corrected chi connectivity index (χ3v) is 5.15. The summed E-state index contributed by atoms with van der Waals surface area (Å²) in [5, 5.41) is 8.84. The Balaban J connectivity index is 1.96. The Morgan fingerprint density at radius 2 is 1.80 bits per heavy atom. The summed E-state index contributed by atoms with van der Waals surface area (Å²) >= 11 is 7.24. The summed E-state index contributed by atoms with van der Waals surface area (Å²) in [7, 11) is 0. The number of rotatable bonds is 1. The zero-order valence-corrected chi connectivity index (χ0v) is 8.73. The largest absolute Gasteiger partial charge is 0.396 e. The third kappa shape index (κ3) is 0.901. The fourth-order valence-corrected chi connectivity index (χ4v) is 3.83. The minimum atomic E-state index is 0.256. The molecule has 0 spiro atoms. The van der Waals surface area contributed by atoms with Gasteiger partial charge in [-0.05, 0) is 30.6 Å². The molecule has 2 rings (SSSR count). The Kier molecular flexibility index (Phi) is 1.67. The second kappa shape index (κ2) is 2.20. The van der Waals surface area contributed by atoms with Crippen molar-refractivity contribution in [3.8, 4) is 0 Å². The molecule has 3 heteroatoms. The molecule has 0 heterocycles. The number of fused-ring (bicyclic) bond motifs is 1. The first kappa shape index (κ1) is 7.56. The molecule has 0 radical (unpaired) electrons. The van der Waals surface area contributed by atoms with E-state index in [0.717, 1.165) is 11.8 Å². The highest BCUT2D eigenvalue weighted by Gasteiger charge is 2.65. The van der Waals surface area contributed by atoms with Gasteiger partial charge in [-0.15, -0.1) is 0 Å². The summed E-state index contributed by atoms with van der Waals surface area (Å²) in [5.41, 5.74) is 0. The van der Waals surface area contributed by atoms with Crippen LogP contribution in [-0.4, -0.2) is 14.9 Å². The smallest absolute Gasteiger partial charge is 0.0868 e. The molecule has 0 aromatic carbocycles. The molecule has 3 atom stereocenters. The van der Waals surface area contributed by atoms with Crippen LogP contribution in [0, 0.1) is 17.8 Å². The van der Waals surface area contributed by atoms with E-state index in [1.165, 1.54) is 12.8 Å². The molecule has 0 aromatic rings. The second-order valence-corrected chi connectivity index (χ2v) is 7.10. The van der Waals surface area contributed by atoms with Crippen LogP contribution in [0.25, 0.3) is 0 Å². The molecule has 0 aliphatic heterocycles. The highest BCUT2D eigenvalue weighted by atomic mass is 79.9. The third-order valence-electron chi connectivity index (χ3n) is 2.80.